The second kappa shape index (κ2) is 7.99. The molecule has 2 aromatic heterocycles. The first-order valence-corrected chi connectivity index (χ1v) is 8.63. The van der Waals surface area contributed by atoms with Crippen molar-refractivity contribution in [2.75, 3.05) is 0 Å². The fourth-order valence-electron chi connectivity index (χ4n) is 2.77. The highest BCUT2D eigenvalue weighted by atomic mass is 14.9. The van der Waals surface area contributed by atoms with Crippen molar-refractivity contribution in [3.63, 3.8) is 0 Å². The predicted molar refractivity (Wildman–Crippen MR) is 101 cm³/mol. The molecule has 0 aliphatic heterocycles. The van der Waals surface area contributed by atoms with Crippen LogP contribution in [0.2, 0.25) is 0 Å². The molecule has 0 bridgehead atoms. The van der Waals surface area contributed by atoms with E-state index < -0.39 is 0 Å². The summed E-state index contributed by atoms with van der Waals surface area (Å²) in [6.07, 6.45) is 6.56. The van der Waals surface area contributed by atoms with Crippen molar-refractivity contribution in [1.29, 1.82) is 0 Å². The molecule has 25 heavy (non-hydrogen) atoms. The zero-order valence-corrected chi connectivity index (χ0v) is 15.0. The van der Waals surface area contributed by atoms with Crippen LogP contribution in [0, 0.1) is 13.8 Å². The number of pyridine rings is 1. The summed E-state index contributed by atoms with van der Waals surface area (Å²) in [5, 5.41) is 3.52. The summed E-state index contributed by atoms with van der Waals surface area (Å²) in [6.45, 7) is 7.11. The fourth-order valence-corrected chi connectivity index (χ4v) is 2.77. The molecule has 1 N–H and O–H groups in total. The molecule has 0 saturated heterocycles. The number of benzene rings is 1. The lowest BCUT2D eigenvalue weighted by atomic mass is 10.1. The molecule has 1 aromatic carbocycles. The first-order valence-electron chi connectivity index (χ1n) is 8.63. The van der Waals surface area contributed by atoms with Gasteiger partial charge in [0, 0.05) is 54.4 Å². The van der Waals surface area contributed by atoms with E-state index in [1.807, 2.05) is 36.8 Å². The van der Waals surface area contributed by atoms with Gasteiger partial charge in [0.1, 0.15) is 0 Å². The molecule has 1 unspecified atom stereocenters. The molecule has 4 heteroatoms. The predicted octanol–water partition coefficient (Wildman–Crippen LogP) is 3.88. The maximum absolute atomic E-state index is 4.50. The van der Waals surface area contributed by atoms with E-state index in [0.29, 0.717) is 6.04 Å². The molecule has 0 amide bonds. The SMILES string of the molecule is Cc1cccc(-c2ncc(CNC(C)Cc3ncccc3C)cn2)c1. The molecule has 4 nitrogen and oxygen atoms in total. The van der Waals surface area contributed by atoms with Crippen LogP contribution in [0.5, 0.6) is 0 Å². The first-order chi connectivity index (χ1) is 12.1. The van der Waals surface area contributed by atoms with Gasteiger partial charge in [0.2, 0.25) is 0 Å². The highest BCUT2D eigenvalue weighted by Crippen LogP contribution is 2.15. The summed E-state index contributed by atoms with van der Waals surface area (Å²) >= 11 is 0. The molecular weight excluding hydrogens is 308 g/mol. The van der Waals surface area contributed by atoms with E-state index in [1.54, 1.807) is 0 Å². The van der Waals surface area contributed by atoms with Crippen LogP contribution in [0.3, 0.4) is 0 Å². The van der Waals surface area contributed by atoms with E-state index in [9.17, 15) is 0 Å². The zero-order valence-electron chi connectivity index (χ0n) is 15.0. The van der Waals surface area contributed by atoms with Gasteiger partial charge in [0.25, 0.3) is 0 Å². The lowest BCUT2D eigenvalue weighted by molar-refractivity contribution is 0.538. The Labute approximate surface area is 149 Å². The van der Waals surface area contributed by atoms with Crippen molar-refractivity contribution in [1.82, 2.24) is 20.3 Å². The standard InChI is InChI=1S/C21H24N4/c1-15-6-4-8-19(10-15)21-24-13-18(14-25-21)12-23-17(3)11-20-16(2)7-5-9-22-20/h4-10,13-14,17,23H,11-12H2,1-3H3. The largest absolute Gasteiger partial charge is 0.310 e. The second-order valence-corrected chi connectivity index (χ2v) is 6.54. The quantitative estimate of drug-likeness (QED) is 0.744. The normalized spacial score (nSPS) is 12.1. The average molecular weight is 332 g/mol. The average Bonchev–Trinajstić information content (AvgIpc) is 2.62. The van der Waals surface area contributed by atoms with Crippen molar-refractivity contribution in [2.24, 2.45) is 0 Å². The number of nitrogens with one attached hydrogen (secondary N) is 1. The van der Waals surface area contributed by atoms with Gasteiger partial charge in [0.05, 0.1) is 0 Å². The smallest absolute Gasteiger partial charge is 0.159 e. The molecule has 3 aromatic rings. The molecule has 1 atom stereocenters. The van der Waals surface area contributed by atoms with Crippen LogP contribution in [0.15, 0.2) is 55.0 Å². The summed E-state index contributed by atoms with van der Waals surface area (Å²) in [4.78, 5) is 13.5. The molecule has 0 spiro atoms. The van der Waals surface area contributed by atoms with E-state index >= 15 is 0 Å². The first kappa shape index (κ1) is 17.2. The Bertz CT molecular complexity index is 827. The monoisotopic (exact) mass is 332 g/mol. The summed E-state index contributed by atoms with van der Waals surface area (Å²) in [7, 11) is 0. The molecule has 128 valence electrons. The van der Waals surface area contributed by atoms with E-state index in [0.717, 1.165) is 35.6 Å². The van der Waals surface area contributed by atoms with Gasteiger partial charge in [-0.1, -0.05) is 29.8 Å². The van der Waals surface area contributed by atoms with Gasteiger partial charge in [-0.05, 0) is 38.5 Å². The van der Waals surface area contributed by atoms with Crippen molar-refractivity contribution in [3.05, 3.63) is 77.4 Å². The molecule has 0 fully saturated rings. The number of rotatable bonds is 6. The molecule has 0 aliphatic rings. The number of aryl methyl sites for hydroxylation is 2. The number of hydrogen-bond donors (Lipinski definition) is 1. The summed E-state index contributed by atoms with van der Waals surface area (Å²) in [5.41, 5.74) is 5.74. The Hall–Kier alpha value is -2.59. The van der Waals surface area contributed by atoms with E-state index in [4.69, 9.17) is 0 Å². The van der Waals surface area contributed by atoms with E-state index in [2.05, 4.69) is 59.2 Å². The zero-order chi connectivity index (χ0) is 17.6. The molecule has 0 aliphatic carbocycles. The van der Waals surface area contributed by atoms with E-state index in [1.165, 1.54) is 11.1 Å². The maximum Gasteiger partial charge on any atom is 0.159 e. The minimum Gasteiger partial charge on any atom is -0.310 e. The Balaban J connectivity index is 1.57. The lowest BCUT2D eigenvalue weighted by Crippen LogP contribution is -2.28. The second-order valence-electron chi connectivity index (χ2n) is 6.54. The van der Waals surface area contributed by atoms with Crippen LogP contribution < -0.4 is 5.32 Å². The van der Waals surface area contributed by atoms with Gasteiger partial charge < -0.3 is 5.32 Å². The van der Waals surface area contributed by atoms with Crippen LogP contribution >= 0.6 is 0 Å². The van der Waals surface area contributed by atoms with Gasteiger partial charge in [0.15, 0.2) is 5.82 Å². The van der Waals surface area contributed by atoms with Gasteiger partial charge in [-0.3, -0.25) is 4.98 Å². The third-order valence-corrected chi connectivity index (χ3v) is 4.25. The van der Waals surface area contributed by atoms with Crippen LogP contribution in [0.25, 0.3) is 11.4 Å². The Morgan fingerprint density at radius 3 is 2.52 bits per heavy atom. The van der Waals surface area contributed by atoms with Crippen molar-refractivity contribution in [3.8, 4) is 11.4 Å². The number of aromatic nitrogens is 3. The third kappa shape index (κ3) is 4.70. The van der Waals surface area contributed by atoms with Crippen molar-refractivity contribution in [2.45, 2.75) is 39.8 Å². The minimum absolute atomic E-state index is 0.338. The van der Waals surface area contributed by atoms with Crippen molar-refractivity contribution < 1.29 is 0 Å². The van der Waals surface area contributed by atoms with Gasteiger partial charge >= 0.3 is 0 Å². The summed E-state index contributed by atoms with van der Waals surface area (Å²) in [6, 6.07) is 12.7. The Morgan fingerprint density at radius 2 is 1.80 bits per heavy atom. The van der Waals surface area contributed by atoms with Gasteiger partial charge in [-0.2, -0.15) is 0 Å². The Kier molecular flexibility index (Phi) is 5.51. The maximum atomic E-state index is 4.50. The topological polar surface area (TPSA) is 50.7 Å². The summed E-state index contributed by atoms with van der Waals surface area (Å²) in [5.74, 6) is 0.768. The highest BCUT2D eigenvalue weighted by Gasteiger charge is 2.07. The lowest BCUT2D eigenvalue weighted by Gasteiger charge is -2.14. The highest BCUT2D eigenvalue weighted by molar-refractivity contribution is 5.55. The number of nitrogens with zero attached hydrogens (tertiary/aromatic N) is 3. The Morgan fingerprint density at radius 1 is 1.00 bits per heavy atom. The third-order valence-electron chi connectivity index (χ3n) is 4.25. The summed E-state index contributed by atoms with van der Waals surface area (Å²) < 4.78 is 0. The van der Waals surface area contributed by atoms with Crippen LogP contribution in [0.1, 0.15) is 29.3 Å². The number of hydrogen-bond acceptors (Lipinski definition) is 4. The molecule has 2 heterocycles. The van der Waals surface area contributed by atoms with Crippen LogP contribution in [-0.2, 0) is 13.0 Å². The fraction of sp³-hybridized carbons (Fsp3) is 0.286. The molecular formula is C21H24N4. The molecule has 0 radical (unpaired) electrons. The van der Waals surface area contributed by atoms with E-state index in [-0.39, 0.29) is 0 Å². The van der Waals surface area contributed by atoms with Crippen LogP contribution in [-0.4, -0.2) is 21.0 Å². The molecule has 3 rings (SSSR count). The van der Waals surface area contributed by atoms with Crippen molar-refractivity contribution >= 4 is 0 Å². The van der Waals surface area contributed by atoms with Gasteiger partial charge in [-0.15, -0.1) is 0 Å². The van der Waals surface area contributed by atoms with Crippen LogP contribution in [0.4, 0.5) is 0 Å². The minimum atomic E-state index is 0.338. The van der Waals surface area contributed by atoms with Gasteiger partial charge in [-0.25, -0.2) is 9.97 Å². The molecule has 0 saturated carbocycles.